The van der Waals surface area contributed by atoms with Gasteiger partial charge < -0.3 is 9.64 Å². The molecule has 1 aromatic rings. The van der Waals surface area contributed by atoms with E-state index in [9.17, 15) is 13.2 Å². The fraction of sp³-hybridized carbons (Fsp3) is 0.611. The maximum absolute atomic E-state index is 12.5. The topological polar surface area (TPSA) is 78.9 Å². The summed E-state index contributed by atoms with van der Waals surface area (Å²) < 4.78 is 34.0. The Balaban J connectivity index is 1.78. The molecule has 1 aliphatic rings. The molecule has 8 heteroatoms. The standard InChI is InChI=1S/C18H29N3O4S/c1-3-25-18(22)16-9-7-14-21(15-16)26(23,24)19-12-8-13-20(2)17-10-5-4-6-11-17/h4-6,10-11,16,19H,3,7-9,12-15H2,1-2H3/t16-/m1/s1. The SMILES string of the molecule is CCOC(=O)[C@@H]1CCCN(S(=O)(=O)NCCCN(C)c2ccccc2)C1. The van der Waals surface area contributed by atoms with Gasteiger partial charge in [0.05, 0.1) is 12.5 Å². The molecular formula is C18H29N3O4S. The van der Waals surface area contributed by atoms with Crippen LogP contribution in [0.2, 0.25) is 0 Å². The van der Waals surface area contributed by atoms with Crippen molar-refractivity contribution in [2.24, 2.45) is 5.92 Å². The van der Waals surface area contributed by atoms with Crippen LogP contribution in [0.4, 0.5) is 5.69 Å². The van der Waals surface area contributed by atoms with E-state index in [0.717, 1.165) is 12.2 Å². The number of nitrogens with zero attached hydrogens (tertiary/aromatic N) is 2. The van der Waals surface area contributed by atoms with Gasteiger partial charge in [-0.15, -0.1) is 0 Å². The van der Waals surface area contributed by atoms with Crippen LogP contribution in [-0.4, -0.2) is 58.5 Å². The maximum atomic E-state index is 12.5. The van der Waals surface area contributed by atoms with E-state index in [1.165, 1.54) is 4.31 Å². The van der Waals surface area contributed by atoms with Crippen LogP contribution in [0.1, 0.15) is 26.2 Å². The third-order valence-corrected chi connectivity index (χ3v) is 6.08. The molecule has 1 heterocycles. The van der Waals surface area contributed by atoms with Gasteiger partial charge in [-0.05, 0) is 38.3 Å². The Hall–Kier alpha value is -1.64. The molecule has 1 fully saturated rings. The first kappa shape index (κ1) is 20.7. The molecule has 1 atom stereocenters. The van der Waals surface area contributed by atoms with Crippen LogP contribution in [0.25, 0.3) is 0 Å². The lowest BCUT2D eigenvalue weighted by molar-refractivity contribution is -0.149. The Bertz CT molecular complexity index is 666. The molecule has 2 rings (SSSR count). The highest BCUT2D eigenvalue weighted by Gasteiger charge is 2.32. The second kappa shape index (κ2) is 9.89. The monoisotopic (exact) mass is 383 g/mol. The zero-order chi connectivity index (χ0) is 19.0. The normalized spacial score (nSPS) is 18.5. The Kier molecular flexibility index (Phi) is 7.86. The maximum Gasteiger partial charge on any atom is 0.310 e. The number of benzene rings is 1. The second-order valence-electron chi connectivity index (χ2n) is 6.46. The largest absolute Gasteiger partial charge is 0.466 e. The van der Waals surface area contributed by atoms with E-state index < -0.39 is 10.2 Å². The van der Waals surface area contributed by atoms with Crippen molar-refractivity contribution >= 4 is 21.9 Å². The molecule has 7 nitrogen and oxygen atoms in total. The number of carbonyl (C=O) groups excluding carboxylic acids is 1. The van der Waals surface area contributed by atoms with Crippen LogP contribution in [0.15, 0.2) is 30.3 Å². The second-order valence-corrected chi connectivity index (χ2v) is 8.21. The minimum atomic E-state index is -3.57. The molecule has 0 radical (unpaired) electrons. The number of carbonyl (C=O) groups is 1. The lowest BCUT2D eigenvalue weighted by Crippen LogP contribution is -2.48. The molecule has 0 aliphatic carbocycles. The molecule has 0 bridgehead atoms. The van der Waals surface area contributed by atoms with Crippen molar-refractivity contribution in [3.63, 3.8) is 0 Å². The number of para-hydroxylation sites is 1. The van der Waals surface area contributed by atoms with Crippen molar-refractivity contribution in [1.82, 2.24) is 9.03 Å². The van der Waals surface area contributed by atoms with Gasteiger partial charge >= 0.3 is 5.97 Å². The van der Waals surface area contributed by atoms with Crippen LogP contribution in [0.5, 0.6) is 0 Å². The minimum Gasteiger partial charge on any atom is -0.466 e. The van der Waals surface area contributed by atoms with Crippen molar-refractivity contribution in [2.75, 3.05) is 44.7 Å². The Morgan fingerprint density at radius 2 is 2.08 bits per heavy atom. The highest BCUT2D eigenvalue weighted by molar-refractivity contribution is 7.87. The molecular weight excluding hydrogens is 354 g/mol. The van der Waals surface area contributed by atoms with Gasteiger partial charge in [-0.2, -0.15) is 12.7 Å². The summed E-state index contributed by atoms with van der Waals surface area (Å²) in [5.74, 6) is -0.679. The number of piperidine rings is 1. The quantitative estimate of drug-likeness (QED) is 0.518. The first-order valence-electron chi connectivity index (χ1n) is 9.11. The van der Waals surface area contributed by atoms with E-state index in [-0.39, 0.29) is 18.4 Å². The Labute approximate surface area is 156 Å². The third kappa shape index (κ3) is 5.96. The Morgan fingerprint density at radius 1 is 1.35 bits per heavy atom. The van der Waals surface area contributed by atoms with E-state index in [1.54, 1.807) is 6.92 Å². The van der Waals surface area contributed by atoms with Gasteiger partial charge in [0.15, 0.2) is 0 Å². The summed E-state index contributed by atoms with van der Waals surface area (Å²) in [6, 6.07) is 9.96. The molecule has 146 valence electrons. The van der Waals surface area contributed by atoms with E-state index >= 15 is 0 Å². The summed E-state index contributed by atoms with van der Waals surface area (Å²) in [6.07, 6.45) is 2.04. The number of anilines is 1. The first-order chi connectivity index (χ1) is 12.4. The summed E-state index contributed by atoms with van der Waals surface area (Å²) in [6.45, 7) is 3.81. The zero-order valence-corrected chi connectivity index (χ0v) is 16.4. The highest BCUT2D eigenvalue weighted by Crippen LogP contribution is 2.20. The molecule has 1 N–H and O–H groups in total. The van der Waals surface area contributed by atoms with Gasteiger partial charge in [0.25, 0.3) is 10.2 Å². The lowest BCUT2D eigenvalue weighted by Gasteiger charge is -2.30. The number of hydrogen-bond acceptors (Lipinski definition) is 5. The first-order valence-corrected chi connectivity index (χ1v) is 10.6. The summed E-state index contributed by atoms with van der Waals surface area (Å²) in [5.41, 5.74) is 1.10. The molecule has 1 aliphatic heterocycles. The summed E-state index contributed by atoms with van der Waals surface area (Å²) in [4.78, 5) is 14.0. The van der Waals surface area contributed by atoms with E-state index in [4.69, 9.17) is 4.74 Å². The number of rotatable bonds is 9. The zero-order valence-electron chi connectivity index (χ0n) is 15.6. The van der Waals surface area contributed by atoms with Crippen molar-refractivity contribution in [1.29, 1.82) is 0 Å². The van der Waals surface area contributed by atoms with Crippen molar-refractivity contribution in [2.45, 2.75) is 26.2 Å². The highest BCUT2D eigenvalue weighted by atomic mass is 32.2. The summed E-state index contributed by atoms with van der Waals surface area (Å²) in [7, 11) is -1.59. The van der Waals surface area contributed by atoms with Gasteiger partial charge in [0.2, 0.25) is 0 Å². The molecule has 0 aromatic heterocycles. The van der Waals surface area contributed by atoms with Gasteiger partial charge in [-0.1, -0.05) is 18.2 Å². The van der Waals surface area contributed by atoms with Crippen molar-refractivity contribution in [3.8, 4) is 0 Å². The molecule has 0 saturated carbocycles. The van der Waals surface area contributed by atoms with Crippen LogP contribution in [-0.2, 0) is 19.7 Å². The van der Waals surface area contributed by atoms with Crippen LogP contribution < -0.4 is 9.62 Å². The van der Waals surface area contributed by atoms with Gasteiger partial charge in [0, 0.05) is 38.9 Å². The smallest absolute Gasteiger partial charge is 0.310 e. The molecule has 1 saturated heterocycles. The lowest BCUT2D eigenvalue weighted by atomic mass is 10.0. The number of nitrogens with one attached hydrogen (secondary N) is 1. The average molecular weight is 384 g/mol. The van der Waals surface area contributed by atoms with Crippen molar-refractivity contribution < 1.29 is 17.9 Å². The number of esters is 1. The predicted molar refractivity (Wildman–Crippen MR) is 102 cm³/mol. The van der Waals surface area contributed by atoms with Crippen LogP contribution >= 0.6 is 0 Å². The van der Waals surface area contributed by atoms with Gasteiger partial charge in [-0.25, -0.2) is 4.72 Å². The minimum absolute atomic E-state index is 0.193. The average Bonchev–Trinajstić information content (AvgIpc) is 2.66. The van der Waals surface area contributed by atoms with Crippen LogP contribution in [0.3, 0.4) is 0 Å². The summed E-state index contributed by atoms with van der Waals surface area (Å²) >= 11 is 0. The van der Waals surface area contributed by atoms with Gasteiger partial charge in [0.1, 0.15) is 0 Å². The number of ether oxygens (including phenoxy) is 1. The van der Waals surface area contributed by atoms with E-state index in [1.807, 2.05) is 37.4 Å². The van der Waals surface area contributed by atoms with Gasteiger partial charge in [-0.3, -0.25) is 4.79 Å². The Morgan fingerprint density at radius 3 is 2.77 bits per heavy atom. The van der Waals surface area contributed by atoms with Crippen LogP contribution in [0, 0.1) is 5.92 Å². The molecule has 26 heavy (non-hydrogen) atoms. The molecule has 0 spiro atoms. The third-order valence-electron chi connectivity index (χ3n) is 4.50. The molecule has 1 aromatic carbocycles. The predicted octanol–water partition coefficient (Wildman–Crippen LogP) is 1.62. The fourth-order valence-corrected chi connectivity index (χ4v) is 4.36. The number of hydrogen-bond donors (Lipinski definition) is 1. The van der Waals surface area contributed by atoms with E-state index in [0.29, 0.717) is 39.0 Å². The molecule has 0 unspecified atom stereocenters. The van der Waals surface area contributed by atoms with E-state index in [2.05, 4.69) is 9.62 Å². The molecule has 0 amide bonds. The fourth-order valence-electron chi connectivity index (χ4n) is 3.03. The summed E-state index contributed by atoms with van der Waals surface area (Å²) in [5, 5.41) is 0. The van der Waals surface area contributed by atoms with Crippen molar-refractivity contribution in [3.05, 3.63) is 30.3 Å².